The molecule has 0 bridgehead atoms. The average molecular weight is 312 g/mol. The van der Waals surface area contributed by atoms with Crippen LogP contribution >= 0.6 is 11.3 Å². The van der Waals surface area contributed by atoms with Crippen LogP contribution in [0.5, 0.6) is 0 Å². The summed E-state index contributed by atoms with van der Waals surface area (Å²) < 4.78 is 0. The largest absolute Gasteiger partial charge is 0.358 e. The Morgan fingerprint density at radius 1 is 1.27 bits per heavy atom. The van der Waals surface area contributed by atoms with Gasteiger partial charge in [-0.25, -0.2) is 9.97 Å². The van der Waals surface area contributed by atoms with Crippen LogP contribution in [0, 0.1) is 0 Å². The molecule has 0 unspecified atom stereocenters. The molecule has 1 aromatic carbocycles. The third kappa shape index (κ3) is 2.78. The Labute approximate surface area is 132 Å². The summed E-state index contributed by atoms with van der Waals surface area (Å²) in [6, 6.07) is 9.84. The van der Waals surface area contributed by atoms with Crippen LogP contribution in [0.1, 0.15) is 0 Å². The fourth-order valence-corrected chi connectivity index (χ4v) is 2.88. The fourth-order valence-electron chi connectivity index (χ4n) is 2.24. The highest BCUT2D eigenvalue weighted by Crippen LogP contribution is 2.27. The predicted molar refractivity (Wildman–Crippen MR) is 90.2 cm³/mol. The molecular weight excluding hydrogens is 296 g/mol. The molecule has 5 nitrogen and oxygen atoms in total. The maximum atomic E-state index is 11.7. The minimum atomic E-state index is -0.0534. The molecule has 0 atom stereocenters. The van der Waals surface area contributed by atoms with Gasteiger partial charge < -0.3 is 10.2 Å². The lowest BCUT2D eigenvalue weighted by Gasteiger charge is -2.19. The van der Waals surface area contributed by atoms with Crippen molar-refractivity contribution >= 4 is 34.0 Å². The van der Waals surface area contributed by atoms with E-state index < -0.39 is 0 Å². The standard InChI is InChI=1S/C16H16N4OS/c1-17-14(21)9-20(2)16-12-5-3-4-6-13(12)18-15(19-16)11-7-8-22-10-11/h3-8,10H,9H2,1-2H3,(H,17,21). The summed E-state index contributed by atoms with van der Waals surface area (Å²) in [6.45, 7) is 0.251. The maximum Gasteiger partial charge on any atom is 0.239 e. The van der Waals surface area contributed by atoms with Crippen molar-refractivity contribution in [2.45, 2.75) is 0 Å². The van der Waals surface area contributed by atoms with Crippen LogP contribution in [0.2, 0.25) is 0 Å². The number of hydrogen-bond donors (Lipinski definition) is 1. The number of nitrogens with zero attached hydrogens (tertiary/aromatic N) is 3. The molecule has 3 aromatic rings. The van der Waals surface area contributed by atoms with E-state index in [1.54, 1.807) is 18.4 Å². The fraction of sp³-hybridized carbons (Fsp3) is 0.188. The van der Waals surface area contributed by atoms with Crippen molar-refractivity contribution < 1.29 is 4.79 Å². The van der Waals surface area contributed by atoms with Crippen LogP contribution < -0.4 is 10.2 Å². The first-order valence-corrected chi connectivity index (χ1v) is 7.84. The van der Waals surface area contributed by atoms with Crippen LogP contribution in [0.3, 0.4) is 0 Å². The monoisotopic (exact) mass is 312 g/mol. The Kier molecular flexibility index (Phi) is 4.02. The summed E-state index contributed by atoms with van der Waals surface area (Å²) in [6.07, 6.45) is 0. The molecule has 22 heavy (non-hydrogen) atoms. The Hall–Kier alpha value is -2.47. The van der Waals surface area contributed by atoms with Gasteiger partial charge in [0.05, 0.1) is 12.1 Å². The zero-order valence-electron chi connectivity index (χ0n) is 12.4. The molecule has 2 heterocycles. The SMILES string of the molecule is CNC(=O)CN(C)c1nc(-c2ccsc2)nc2ccccc12. The van der Waals surface area contributed by atoms with Crippen molar-refractivity contribution in [2.24, 2.45) is 0 Å². The van der Waals surface area contributed by atoms with Gasteiger partial charge in [0.15, 0.2) is 5.82 Å². The minimum absolute atomic E-state index is 0.0534. The molecule has 0 saturated heterocycles. The van der Waals surface area contributed by atoms with Gasteiger partial charge in [-0.3, -0.25) is 4.79 Å². The molecule has 0 radical (unpaired) electrons. The minimum Gasteiger partial charge on any atom is -0.358 e. The predicted octanol–water partition coefficient (Wildman–Crippen LogP) is 2.54. The Morgan fingerprint density at radius 2 is 2.09 bits per heavy atom. The van der Waals surface area contributed by atoms with Gasteiger partial charge in [-0.1, -0.05) is 12.1 Å². The topological polar surface area (TPSA) is 58.1 Å². The molecule has 3 rings (SSSR count). The molecular formula is C16H16N4OS. The second-order valence-electron chi connectivity index (χ2n) is 4.93. The van der Waals surface area contributed by atoms with Gasteiger partial charge >= 0.3 is 0 Å². The summed E-state index contributed by atoms with van der Waals surface area (Å²) >= 11 is 1.61. The lowest BCUT2D eigenvalue weighted by molar-refractivity contribution is -0.119. The molecule has 0 aliphatic carbocycles. The van der Waals surface area contributed by atoms with Crippen LogP contribution in [0.4, 0.5) is 5.82 Å². The highest BCUT2D eigenvalue weighted by molar-refractivity contribution is 7.08. The quantitative estimate of drug-likeness (QED) is 0.804. The molecule has 112 valence electrons. The van der Waals surface area contributed by atoms with Crippen LogP contribution in [-0.2, 0) is 4.79 Å². The van der Waals surface area contributed by atoms with E-state index in [2.05, 4.69) is 15.3 Å². The van der Waals surface area contributed by atoms with Gasteiger partial charge in [-0.05, 0) is 23.6 Å². The molecule has 0 saturated carbocycles. The van der Waals surface area contributed by atoms with Gasteiger partial charge in [0, 0.05) is 30.4 Å². The van der Waals surface area contributed by atoms with E-state index in [9.17, 15) is 4.79 Å². The number of aromatic nitrogens is 2. The normalized spacial score (nSPS) is 10.6. The number of para-hydroxylation sites is 1. The van der Waals surface area contributed by atoms with Crippen molar-refractivity contribution in [3.8, 4) is 11.4 Å². The highest BCUT2D eigenvalue weighted by atomic mass is 32.1. The summed E-state index contributed by atoms with van der Waals surface area (Å²) in [5.74, 6) is 1.39. The Balaban J connectivity index is 2.12. The average Bonchev–Trinajstić information content (AvgIpc) is 3.08. The first-order chi connectivity index (χ1) is 10.7. The van der Waals surface area contributed by atoms with Crippen molar-refractivity contribution in [1.82, 2.24) is 15.3 Å². The summed E-state index contributed by atoms with van der Waals surface area (Å²) in [4.78, 5) is 22.8. The molecule has 6 heteroatoms. The number of anilines is 1. The smallest absolute Gasteiger partial charge is 0.239 e. The lowest BCUT2D eigenvalue weighted by Crippen LogP contribution is -2.33. The Bertz CT molecular complexity index is 801. The van der Waals surface area contributed by atoms with E-state index in [1.165, 1.54) is 0 Å². The molecule has 0 aliphatic rings. The zero-order valence-corrected chi connectivity index (χ0v) is 13.2. The molecule has 1 N–H and O–H groups in total. The van der Waals surface area contributed by atoms with E-state index in [0.29, 0.717) is 5.82 Å². The van der Waals surface area contributed by atoms with E-state index in [4.69, 9.17) is 0 Å². The van der Waals surface area contributed by atoms with E-state index >= 15 is 0 Å². The van der Waals surface area contributed by atoms with E-state index in [0.717, 1.165) is 22.3 Å². The third-order valence-electron chi connectivity index (χ3n) is 3.38. The molecule has 0 aliphatic heterocycles. The van der Waals surface area contributed by atoms with E-state index in [1.807, 2.05) is 53.0 Å². The number of fused-ring (bicyclic) bond motifs is 1. The maximum absolute atomic E-state index is 11.7. The van der Waals surface area contributed by atoms with Crippen LogP contribution in [0.25, 0.3) is 22.3 Å². The number of thiophene rings is 1. The highest BCUT2D eigenvalue weighted by Gasteiger charge is 2.14. The van der Waals surface area contributed by atoms with Crippen molar-refractivity contribution in [3.63, 3.8) is 0 Å². The van der Waals surface area contributed by atoms with Gasteiger partial charge in [0.2, 0.25) is 5.91 Å². The number of amides is 1. The second kappa shape index (κ2) is 6.11. The van der Waals surface area contributed by atoms with Crippen molar-refractivity contribution in [2.75, 3.05) is 25.5 Å². The van der Waals surface area contributed by atoms with E-state index in [-0.39, 0.29) is 12.5 Å². The van der Waals surface area contributed by atoms with Gasteiger partial charge in [-0.15, -0.1) is 0 Å². The summed E-state index contributed by atoms with van der Waals surface area (Å²) in [5, 5.41) is 7.59. The number of carbonyl (C=O) groups is 1. The third-order valence-corrected chi connectivity index (χ3v) is 4.07. The first kappa shape index (κ1) is 14.5. The molecule has 1 amide bonds. The van der Waals surface area contributed by atoms with Crippen molar-refractivity contribution in [3.05, 3.63) is 41.1 Å². The number of benzene rings is 1. The molecule has 0 spiro atoms. The van der Waals surface area contributed by atoms with Crippen molar-refractivity contribution in [1.29, 1.82) is 0 Å². The first-order valence-electron chi connectivity index (χ1n) is 6.90. The lowest BCUT2D eigenvalue weighted by atomic mass is 10.2. The molecule has 2 aromatic heterocycles. The van der Waals surface area contributed by atoms with Gasteiger partial charge in [0.1, 0.15) is 5.82 Å². The second-order valence-corrected chi connectivity index (χ2v) is 5.71. The summed E-state index contributed by atoms with van der Waals surface area (Å²) in [5.41, 5.74) is 1.86. The number of hydrogen-bond acceptors (Lipinski definition) is 5. The summed E-state index contributed by atoms with van der Waals surface area (Å²) in [7, 11) is 3.49. The number of rotatable bonds is 4. The van der Waals surface area contributed by atoms with Gasteiger partial charge in [0.25, 0.3) is 0 Å². The molecule has 0 fully saturated rings. The zero-order chi connectivity index (χ0) is 15.5. The van der Waals surface area contributed by atoms with Gasteiger partial charge in [-0.2, -0.15) is 11.3 Å². The number of likely N-dealkylation sites (N-methyl/N-ethyl adjacent to an activating group) is 2. The van der Waals surface area contributed by atoms with Crippen LogP contribution in [0.15, 0.2) is 41.1 Å². The Morgan fingerprint density at radius 3 is 2.82 bits per heavy atom. The van der Waals surface area contributed by atoms with Crippen LogP contribution in [-0.4, -0.2) is 36.5 Å². The number of carbonyl (C=O) groups excluding carboxylic acids is 1. The number of nitrogens with one attached hydrogen (secondary N) is 1.